The Bertz CT molecular complexity index is 1050. The van der Waals surface area contributed by atoms with Crippen LogP contribution in [0.25, 0.3) is 6.08 Å². The minimum Gasteiger partial charge on any atom is -0.453 e. The fraction of sp³-hybridized carbons (Fsp3) is 0.0476. The molecule has 8 heteroatoms. The maximum Gasteiger partial charge on any atom is 0.270 e. The zero-order valence-electron chi connectivity index (χ0n) is 15.1. The van der Waals surface area contributed by atoms with Crippen LogP contribution in [0, 0.1) is 15.9 Å². The average molecular weight is 393 g/mol. The second-order valence-electron chi connectivity index (χ2n) is 5.96. The molecule has 0 bridgehead atoms. The smallest absolute Gasteiger partial charge is 0.270 e. The lowest BCUT2D eigenvalue weighted by atomic mass is 10.2. The third-order valence-corrected chi connectivity index (χ3v) is 3.83. The van der Waals surface area contributed by atoms with Gasteiger partial charge in [-0.3, -0.25) is 19.9 Å². The van der Waals surface area contributed by atoms with Gasteiger partial charge in [-0.1, -0.05) is 18.2 Å². The van der Waals surface area contributed by atoms with Gasteiger partial charge in [0.1, 0.15) is 5.75 Å². The molecule has 1 N–H and O–H groups in total. The van der Waals surface area contributed by atoms with E-state index in [0.717, 1.165) is 0 Å². The van der Waals surface area contributed by atoms with Crippen molar-refractivity contribution in [3.8, 4) is 11.5 Å². The number of non-ortho nitro benzene ring substituents is 1. The Morgan fingerprint density at radius 1 is 1.21 bits per heavy atom. The quantitative estimate of drug-likeness (QED) is 0.368. The topological polar surface area (TPSA) is 94.4 Å². The third-order valence-electron chi connectivity index (χ3n) is 3.83. The van der Waals surface area contributed by atoms with E-state index in [0.29, 0.717) is 16.9 Å². The van der Waals surface area contributed by atoms with Crippen molar-refractivity contribution in [2.24, 2.45) is 0 Å². The summed E-state index contributed by atoms with van der Waals surface area (Å²) in [4.78, 5) is 26.1. The van der Waals surface area contributed by atoms with Crippen LogP contribution in [0.1, 0.15) is 11.1 Å². The number of nitrogens with one attached hydrogen (secondary N) is 1. The highest BCUT2D eigenvalue weighted by Crippen LogP contribution is 2.24. The number of nitrogens with zero attached hydrogens (tertiary/aromatic N) is 2. The number of carbonyl (C=O) groups excluding carboxylic acids is 1. The van der Waals surface area contributed by atoms with Crippen molar-refractivity contribution >= 4 is 17.7 Å². The van der Waals surface area contributed by atoms with E-state index in [2.05, 4.69) is 10.3 Å². The summed E-state index contributed by atoms with van der Waals surface area (Å²) < 4.78 is 19.6. The molecule has 0 saturated heterocycles. The first-order chi connectivity index (χ1) is 14.0. The number of nitro groups is 1. The van der Waals surface area contributed by atoms with Gasteiger partial charge in [0, 0.05) is 31.0 Å². The van der Waals surface area contributed by atoms with E-state index < -0.39 is 16.6 Å². The van der Waals surface area contributed by atoms with E-state index >= 15 is 0 Å². The summed E-state index contributed by atoms with van der Waals surface area (Å²) in [5.74, 6) is -0.502. The SMILES string of the molecule is O=C(C=Cc1cccc([N+](=O)[O-])c1)NCc1ccc(Oc2cccnc2)c(F)c1. The van der Waals surface area contributed by atoms with Crippen molar-refractivity contribution in [1.82, 2.24) is 10.3 Å². The van der Waals surface area contributed by atoms with Gasteiger partial charge in [0.25, 0.3) is 5.69 Å². The molecular weight excluding hydrogens is 377 g/mol. The van der Waals surface area contributed by atoms with Gasteiger partial charge in [0.2, 0.25) is 5.91 Å². The minimum absolute atomic E-state index is 0.0543. The number of nitro benzene ring substituents is 1. The number of hydrogen-bond acceptors (Lipinski definition) is 5. The predicted octanol–water partition coefficient (Wildman–Crippen LogP) is 4.25. The molecule has 1 amide bonds. The lowest BCUT2D eigenvalue weighted by molar-refractivity contribution is -0.384. The van der Waals surface area contributed by atoms with Crippen LogP contribution in [-0.2, 0) is 11.3 Å². The summed E-state index contributed by atoms with van der Waals surface area (Å²) in [6, 6.07) is 13.6. The summed E-state index contributed by atoms with van der Waals surface area (Å²) in [5, 5.41) is 13.4. The molecule has 0 fully saturated rings. The second-order valence-corrected chi connectivity index (χ2v) is 5.96. The van der Waals surface area contributed by atoms with Crippen LogP contribution in [0.15, 0.2) is 73.1 Å². The largest absolute Gasteiger partial charge is 0.453 e. The zero-order valence-corrected chi connectivity index (χ0v) is 15.1. The van der Waals surface area contributed by atoms with Gasteiger partial charge in [-0.05, 0) is 41.5 Å². The summed E-state index contributed by atoms with van der Waals surface area (Å²) >= 11 is 0. The molecular formula is C21H16FN3O4. The van der Waals surface area contributed by atoms with E-state index in [1.807, 2.05) is 0 Å². The van der Waals surface area contributed by atoms with E-state index in [-0.39, 0.29) is 18.0 Å². The Morgan fingerprint density at radius 3 is 2.79 bits per heavy atom. The molecule has 0 radical (unpaired) electrons. The van der Waals surface area contributed by atoms with Crippen LogP contribution in [0.5, 0.6) is 11.5 Å². The second kappa shape index (κ2) is 9.23. The molecule has 7 nitrogen and oxygen atoms in total. The van der Waals surface area contributed by atoms with Gasteiger partial charge in [0.05, 0.1) is 11.1 Å². The van der Waals surface area contributed by atoms with Crippen molar-refractivity contribution in [3.05, 3.63) is 100 Å². The molecule has 1 heterocycles. The van der Waals surface area contributed by atoms with Gasteiger partial charge in [-0.2, -0.15) is 0 Å². The van der Waals surface area contributed by atoms with Crippen LogP contribution in [0.4, 0.5) is 10.1 Å². The number of amides is 1. The number of carbonyl (C=O) groups is 1. The van der Waals surface area contributed by atoms with Crippen LogP contribution >= 0.6 is 0 Å². The van der Waals surface area contributed by atoms with Crippen molar-refractivity contribution < 1.29 is 18.8 Å². The Kier molecular flexibility index (Phi) is 6.26. The molecule has 1 aromatic heterocycles. The Morgan fingerprint density at radius 2 is 2.07 bits per heavy atom. The molecule has 0 saturated carbocycles. The van der Waals surface area contributed by atoms with Crippen molar-refractivity contribution in [2.75, 3.05) is 0 Å². The highest BCUT2D eigenvalue weighted by atomic mass is 19.1. The molecule has 29 heavy (non-hydrogen) atoms. The van der Waals surface area contributed by atoms with Crippen molar-refractivity contribution in [2.45, 2.75) is 6.54 Å². The van der Waals surface area contributed by atoms with E-state index in [9.17, 15) is 19.3 Å². The predicted molar refractivity (Wildman–Crippen MR) is 105 cm³/mol. The standard InChI is InChI=1S/C21H16FN3O4/c22-19-12-16(6-8-20(19)29-18-5-2-10-23-14-18)13-24-21(26)9-7-15-3-1-4-17(11-15)25(27)28/h1-12,14H,13H2,(H,24,26). The first kappa shape index (κ1) is 19.7. The van der Waals surface area contributed by atoms with Gasteiger partial charge < -0.3 is 10.1 Å². The number of aromatic nitrogens is 1. The fourth-order valence-electron chi connectivity index (χ4n) is 2.43. The van der Waals surface area contributed by atoms with Gasteiger partial charge in [-0.25, -0.2) is 4.39 Å². The maximum absolute atomic E-state index is 14.2. The number of hydrogen-bond donors (Lipinski definition) is 1. The number of rotatable bonds is 7. The highest BCUT2D eigenvalue weighted by Gasteiger charge is 2.07. The summed E-state index contributed by atoms with van der Waals surface area (Å²) in [6.07, 6.45) is 5.78. The molecule has 146 valence electrons. The molecule has 0 aliphatic rings. The van der Waals surface area contributed by atoms with Crippen LogP contribution in [-0.4, -0.2) is 15.8 Å². The van der Waals surface area contributed by atoms with Gasteiger partial charge in [-0.15, -0.1) is 0 Å². The Hall–Kier alpha value is -4.07. The number of pyridine rings is 1. The molecule has 0 atom stereocenters. The summed E-state index contributed by atoms with van der Waals surface area (Å²) in [5.41, 5.74) is 1.02. The van der Waals surface area contributed by atoms with Crippen molar-refractivity contribution in [1.29, 1.82) is 0 Å². The molecule has 3 aromatic rings. The molecule has 0 unspecified atom stereocenters. The van der Waals surface area contributed by atoms with Gasteiger partial charge >= 0.3 is 0 Å². The summed E-state index contributed by atoms with van der Waals surface area (Å²) in [6.45, 7) is 0.113. The molecule has 2 aromatic carbocycles. The maximum atomic E-state index is 14.2. The average Bonchev–Trinajstić information content (AvgIpc) is 2.73. The van der Waals surface area contributed by atoms with Crippen LogP contribution in [0.2, 0.25) is 0 Å². The first-order valence-corrected chi connectivity index (χ1v) is 8.58. The monoisotopic (exact) mass is 393 g/mol. The normalized spacial score (nSPS) is 10.7. The van der Waals surface area contributed by atoms with Crippen molar-refractivity contribution in [3.63, 3.8) is 0 Å². The van der Waals surface area contributed by atoms with Crippen LogP contribution in [0.3, 0.4) is 0 Å². The lowest BCUT2D eigenvalue weighted by Gasteiger charge is -2.08. The fourth-order valence-corrected chi connectivity index (χ4v) is 2.43. The zero-order chi connectivity index (χ0) is 20.6. The lowest BCUT2D eigenvalue weighted by Crippen LogP contribution is -2.20. The third kappa shape index (κ3) is 5.70. The van der Waals surface area contributed by atoms with Crippen LogP contribution < -0.4 is 10.1 Å². The molecule has 0 spiro atoms. The number of ether oxygens (including phenoxy) is 1. The highest BCUT2D eigenvalue weighted by molar-refractivity contribution is 5.91. The minimum atomic E-state index is -0.562. The number of benzene rings is 2. The Balaban J connectivity index is 1.57. The Labute approximate surface area is 165 Å². The molecule has 0 aliphatic carbocycles. The number of halogens is 1. The molecule has 3 rings (SSSR count). The first-order valence-electron chi connectivity index (χ1n) is 8.58. The molecule has 0 aliphatic heterocycles. The van der Waals surface area contributed by atoms with Gasteiger partial charge in [0.15, 0.2) is 11.6 Å². The van der Waals surface area contributed by atoms with E-state index in [1.165, 1.54) is 48.7 Å². The summed E-state index contributed by atoms with van der Waals surface area (Å²) in [7, 11) is 0. The van der Waals surface area contributed by atoms with E-state index in [1.54, 1.807) is 30.5 Å². The van der Waals surface area contributed by atoms with E-state index in [4.69, 9.17) is 4.74 Å².